The number of benzene rings is 5. The zero-order chi connectivity index (χ0) is 37.3. The van der Waals surface area contributed by atoms with Crippen LogP contribution < -0.4 is 19.7 Å². The first-order valence-corrected chi connectivity index (χ1v) is 18.4. The fourth-order valence-electron chi connectivity index (χ4n) is 6.90. The van der Waals surface area contributed by atoms with Crippen molar-refractivity contribution in [2.75, 3.05) is 30.0 Å². The number of carbonyl (C=O) groups is 2. The van der Waals surface area contributed by atoms with Crippen LogP contribution >= 0.6 is 0 Å². The lowest BCUT2D eigenvalue weighted by Crippen LogP contribution is -2.40. The highest BCUT2D eigenvalue weighted by Gasteiger charge is 2.25. The molecule has 0 spiro atoms. The Balaban J connectivity index is 1.32. The maximum atomic E-state index is 14.2. The van der Waals surface area contributed by atoms with Gasteiger partial charge in [-0.25, -0.2) is 4.79 Å². The third kappa shape index (κ3) is 9.07. The number of ether oxygens (including phenoxy) is 3. The van der Waals surface area contributed by atoms with Gasteiger partial charge in [-0.1, -0.05) is 86.6 Å². The molecule has 1 amide bonds. The summed E-state index contributed by atoms with van der Waals surface area (Å²) in [5.74, 6) is -0.150. The van der Waals surface area contributed by atoms with Gasteiger partial charge in [0.15, 0.2) is 0 Å². The number of carboxylic acids is 1. The SMILES string of the molecule is CCN(c1cc(-c2cccc(NC(=O)c3cc(C(C)C)c(OCc4ccccc4)cc3OCc3ccccc3)c2)cc(C(=O)O)c1C)C1CCOCC1. The second kappa shape index (κ2) is 17.3. The van der Waals surface area contributed by atoms with Gasteiger partial charge in [0.1, 0.15) is 24.7 Å². The van der Waals surface area contributed by atoms with Crippen LogP contribution in [0.4, 0.5) is 11.4 Å². The Hall–Kier alpha value is -5.60. The second-order valence-electron chi connectivity index (χ2n) is 13.7. The highest BCUT2D eigenvalue weighted by Crippen LogP contribution is 2.37. The Morgan fingerprint density at radius 3 is 2.04 bits per heavy atom. The van der Waals surface area contributed by atoms with Gasteiger partial charge in [-0.2, -0.15) is 0 Å². The minimum atomic E-state index is -0.974. The van der Waals surface area contributed by atoms with Crippen LogP contribution in [0.3, 0.4) is 0 Å². The first-order valence-electron chi connectivity index (χ1n) is 18.4. The summed E-state index contributed by atoms with van der Waals surface area (Å²) in [4.78, 5) is 29.0. The lowest BCUT2D eigenvalue weighted by molar-refractivity contribution is 0.0695. The van der Waals surface area contributed by atoms with Crippen LogP contribution in [0.15, 0.2) is 109 Å². The van der Waals surface area contributed by atoms with E-state index in [1.165, 1.54) is 0 Å². The van der Waals surface area contributed by atoms with E-state index in [-0.39, 0.29) is 30.0 Å². The monoisotopic (exact) mass is 712 g/mol. The first kappa shape index (κ1) is 37.2. The van der Waals surface area contributed by atoms with Gasteiger partial charge in [-0.15, -0.1) is 0 Å². The molecule has 0 aliphatic carbocycles. The van der Waals surface area contributed by atoms with Crippen molar-refractivity contribution in [3.05, 3.63) is 143 Å². The molecule has 0 aromatic heterocycles. The van der Waals surface area contributed by atoms with E-state index in [0.717, 1.165) is 58.5 Å². The van der Waals surface area contributed by atoms with E-state index in [4.69, 9.17) is 14.2 Å². The lowest BCUT2D eigenvalue weighted by Gasteiger charge is -2.36. The summed E-state index contributed by atoms with van der Waals surface area (Å²) >= 11 is 0. The molecule has 5 aromatic carbocycles. The Labute approximate surface area is 312 Å². The predicted octanol–water partition coefficient (Wildman–Crippen LogP) is 9.90. The number of hydrogen-bond donors (Lipinski definition) is 2. The standard InChI is InChI=1S/C45H48N2O6/c1-5-47(37-19-21-51-22-20-37)41-25-35(24-39(31(41)4)45(49)50)34-17-12-18-36(23-34)46-44(48)40-26-38(30(2)3)42(52-28-32-13-8-6-9-14-32)27-43(40)53-29-33-15-10-7-11-16-33/h6-18,23-27,30,37H,5,19-22,28-29H2,1-4H3,(H,46,48)(H,49,50). The van der Waals surface area contributed by atoms with E-state index in [1.54, 1.807) is 6.07 Å². The topological polar surface area (TPSA) is 97.3 Å². The molecule has 0 radical (unpaired) electrons. The Morgan fingerprint density at radius 2 is 1.43 bits per heavy atom. The number of amides is 1. The van der Waals surface area contributed by atoms with Crippen LogP contribution in [-0.4, -0.2) is 42.8 Å². The third-order valence-electron chi connectivity index (χ3n) is 9.80. The number of aromatic carboxylic acids is 1. The normalized spacial score (nSPS) is 13.1. The molecule has 0 bridgehead atoms. The molecule has 274 valence electrons. The van der Waals surface area contributed by atoms with Gasteiger partial charge in [0.05, 0.1) is 11.1 Å². The van der Waals surface area contributed by atoms with Crippen LogP contribution in [0.2, 0.25) is 0 Å². The maximum Gasteiger partial charge on any atom is 0.336 e. The summed E-state index contributed by atoms with van der Waals surface area (Å²) in [5, 5.41) is 13.3. The van der Waals surface area contributed by atoms with Gasteiger partial charge in [-0.05, 0) is 96.3 Å². The molecule has 1 aliphatic heterocycles. The van der Waals surface area contributed by atoms with Crippen LogP contribution in [0.25, 0.3) is 11.1 Å². The molecule has 53 heavy (non-hydrogen) atoms. The summed E-state index contributed by atoms with van der Waals surface area (Å²) in [7, 11) is 0. The van der Waals surface area contributed by atoms with Crippen molar-refractivity contribution in [3.8, 4) is 22.6 Å². The highest BCUT2D eigenvalue weighted by molar-refractivity contribution is 6.07. The molecule has 8 nitrogen and oxygen atoms in total. The average Bonchev–Trinajstić information content (AvgIpc) is 3.18. The number of hydrogen-bond acceptors (Lipinski definition) is 6. The largest absolute Gasteiger partial charge is 0.488 e. The number of rotatable bonds is 14. The molecule has 1 aliphatic rings. The molecular formula is C45H48N2O6. The Bertz CT molecular complexity index is 2020. The van der Waals surface area contributed by atoms with Gasteiger partial charge < -0.3 is 29.5 Å². The van der Waals surface area contributed by atoms with E-state index in [9.17, 15) is 14.7 Å². The summed E-state index contributed by atoms with van der Waals surface area (Å²) in [6.45, 7) is 10.9. The summed E-state index contributed by atoms with van der Waals surface area (Å²) in [5.41, 5.74) is 7.33. The first-order chi connectivity index (χ1) is 25.7. The summed E-state index contributed by atoms with van der Waals surface area (Å²) in [6, 6.07) is 35.1. The van der Waals surface area contributed by atoms with Crippen LogP contribution in [0.1, 0.15) is 82.5 Å². The zero-order valence-corrected chi connectivity index (χ0v) is 30.9. The predicted molar refractivity (Wildman–Crippen MR) is 210 cm³/mol. The van der Waals surface area contributed by atoms with E-state index in [0.29, 0.717) is 42.6 Å². The number of nitrogens with one attached hydrogen (secondary N) is 1. The van der Waals surface area contributed by atoms with E-state index < -0.39 is 5.97 Å². The fourth-order valence-corrected chi connectivity index (χ4v) is 6.90. The fraction of sp³-hybridized carbons (Fsp3) is 0.289. The average molecular weight is 713 g/mol. The van der Waals surface area contributed by atoms with E-state index in [1.807, 2.05) is 104 Å². The van der Waals surface area contributed by atoms with Crippen molar-refractivity contribution in [1.82, 2.24) is 0 Å². The molecule has 0 saturated carbocycles. The number of anilines is 2. The van der Waals surface area contributed by atoms with Gasteiger partial charge in [0.2, 0.25) is 0 Å². The van der Waals surface area contributed by atoms with Crippen molar-refractivity contribution in [2.45, 2.75) is 65.7 Å². The molecule has 1 heterocycles. The number of nitrogens with zero attached hydrogens (tertiary/aromatic N) is 1. The molecule has 6 rings (SSSR count). The minimum absolute atomic E-state index is 0.0711. The Kier molecular flexibility index (Phi) is 12.1. The zero-order valence-electron chi connectivity index (χ0n) is 30.9. The molecule has 5 aromatic rings. The van der Waals surface area contributed by atoms with Crippen molar-refractivity contribution >= 4 is 23.3 Å². The second-order valence-corrected chi connectivity index (χ2v) is 13.7. The van der Waals surface area contributed by atoms with Crippen molar-refractivity contribution in [3.63, 3.8) is 0 Å². The van der Waals surface area contributed by atoms with Crippen LogP contribution in [0, 0.1) is 6.92 Å². The highest BCUT2D eigenvalue weighted by atomic mass is 16.5. The lowest BCUT2D eigenvalue weighted by atomic mass is 9.95. The van der Waals surface area contributed by atoms with E-state index >= 15 is 0 Å². The third-order valence-corrected chi connectivity index (χ3v) is 9.80. The quantitative estimate of drug-likeness (QED) is 0.118. The summed E-state index contributed by atoms with van der Waals surface area (Å²) < 4.78 is 18.3. The van der Waals surface area contributed by atoms with E-state index in [2.05, 4.69) is 37.1 Å². The van der Waals surface area contributed by atoms with Gasteiger partial charge in [0.25, 0.3) is 5.91 Å². The van der Waals surface area contributed by atoms with Crippen molar-refractivity contribution < 1.29 is 28.9 Å². The van der Waals surface area contributed by atoms with Crippen molar-refractivity contribution in [1.29, 1.82) is 0 Å². The molecule has 1 fully saturated rings. The van der Waals surface area contributed by atoms with Gasteiger partial charge in [0, 0.05) is 43.2 Å². The van der Waals surface area contributed by atoms with Crippen LogP contribution in [-0.2, 0) is 18.0 Å². The molecule has 0 atom stereocenters. The minimum Gasteiger partial charge on any atom is -0.488 e. The van der Waals surface area contributed by atoms with Crippen LogP contribution in [0.5, 0.6) is 11.5 Å². The smallest absolute Gasteiger partial charge is 0.336 e. The Morgan fingerprint density at radius 1 is 0.792 bits per heavy atom. The summed E-state index contributed by atoms with van der Waals surface area (Å²) in [6.07, 6.45) is 1.77. The number of carboxylic acid groups (broad SMARTS) is 1. The number of carbonyl (C=O) groups excluding carboxylic acids is 1. The maximum absolute atomic E-state index is 14.2. The molecule has 0 unspecified atom stereocenters. The van der Waals surface area contributed by atoms with Gasteiger partial charge >= 0.3 is 5.97 Å². The van der Waals surface area contributed by atoms with Crippen molar-refractivity contribution in [2.24, 2.45) is 0 Å². The van der Waals surface area contributed by atoms with Gasteiger partial charge in [-0.3, -0.25) is 4.79 Å². The molecule has 2 N–H and O–H groups in total. The molecular weight excluding hydrogens is 665 g/mol. The molecule has 8 heteroatoms. The molecule has 1 saturated heterocycles.